The molecular weight excluding hydrogens is 568 g/mol. The Labute approximate surface area is 266 Å². The third kappa shape index (κ3) is 5.00. The minimum absolute atomic E-state index is 0.138. The first-order chi connectivity index (χ1) is 22.6. The van der Waals surface area contributed by atoms with Crippen molar-refractivity contribution in [3.63, 3.8) is 0 Å². The summed E-state index contributed by atoms with van der Waals surface area (Å²) in [7, 11) is 0. The molecule has 0 atom stereocenters. The summed E-state index contributed by atoms with van der Waals surface area (Å²) >= 11 is 0. The Morgan fingerprint density at radius 3 is 1.28 bits per heavy atom. The van der Waals surface area contributed by atoms with E-state index in [9.17, 15) is 9.59 Å². The van der Waals surface area contributed by atoms with Gasteiger partial charge in [-0.1, -0.05) is 127 Å². The van der Waals surface area contributed by atoms with Crippen LogP contribution in [-0.4, -0.2) is 11.6 Å². The fourth-order valence-corrected chi connectivity index (χ4v) is 6.22. The van der Waals surface area contributed by atoms with Gasteiger partial charge in [0.2, 0.25) is 0 Å². The summed E-state index contributed by atoms with van der Waals surface area (Å²) in [5, 5.41) is 4.32. The Balaban J connectivity index is 1.31. The summed E-state index contributed by atoms with van der Waals surface area (Å²) in [5.74, 6) is 1.21. The highest BCUT2D eigenvalue weighted by molar-refractivity contribution is 6.13. The SMILES string of the molecule is O=C1c2ccc(cc2)COc2ccc3ccccc3c2-c2c(ccc3ccccc23)OCc2ccc(cc2)C(=O)c2cccc1c2. The van der Waals surface area contributed by atoms with Gasteiger partial charge in [-0.25, -0.2) is 0 Å². The molecule has 0 aliphatic carbocycles. The molecule has 0 amide bonds. The van der Waals surface area contributed by atoms with E-state index in [-0.39, 0.29) is 11.6 Å². The minimum Gasteiger partial charge on any atom is -0.488 e. The summed E-state index contributed by atoms with van der Waals surface area (Å²) in [5.41, 5.74) is 5.82. The zero-order valence-electron chi connectivity index (χ0n) is 24.9. The fourth-order valence-electron chi connectivity index (χ4n) is 6.22. The van der Waals surface area contributed by atoms with Gasteiger partial charge in [0.25, 0.3) is 0 Å². The standard InChI is InChI=1S/C42H28O4/c43-41-31-16-12-27(13-17-31)25-45-37-22-20-29-6-1-3-10-35(29)39(37)40-36-11-4-2-7-30(36)21-23-38(40)46-26-28-14-18-32(19-15-28)42(44)34-9-5-8-33(41)24-34/h1-24H,25-26H2. The molecule has 0 fully saturated rings. The Morgan fingerprint density at radius 1 is 0.391 bits per heavy atom. The number of hydrogen-bond acceptors (Lipinski definition) is 4. The quantitative estimate of drug-likeness (QED) is 0.175. The van der Waals surface area contributed by atoms with Gasteiger partial charge in [0.15, 0.2) is 11.6 Å². The van der Waals surface area contributed by atoms with Crippen molar-refractivity contribution in [1.82, 2.24) is 0 Å². The number of fused-ring (bicyclic) bond motifs is 2. The summed E-state index contributed by atoms with van der Waals surface area (Å²) in [6.07, 6.45) is 0. The molecule has 11 rings (SSSR count). The number of carbonyl (C=O) groups excluding carboxylic acids is 2. The van der Waals surface area contributed by atoms with E-state index in [0.717, 1.165) is 55.3 Å². The normalized spacial score (nSPS) is 13.0. The Hall–Kier alpha value is -6.00. The van der Waals surface area contributed by atoms with Crippen LogP contribution in [0.1, 0.15) is 43.0 Å². The molecule has 0 radical (unpaired) electrons. The van der Waals surface area contributed by atoms with Crippen LogP contribution < -0.4 is 9.47 Å². The predicted molar refractivity (Wildman–Crippen MR) is 182 cm³/mol. The third-order valence-corrected chi connectivity index (χ3v) is 8.64. The average molecular weight is 597 g/mol. The average Bonchev–Trinajstić information content (AvgIpc) is 3.12. The molecule has 7 aromatic rings. The van der Waals surface area contributed by atoms with Crippen molar-refractivity contribution in [3.05, 3.63) is 179 Å². The summed E-state index contributed by atoms with van der Waals surface area (Å²) in [4.78, 5) is 26.8. The number of ether oxygens (including phenoxy) is 2. The number of ketones is 2. The molecule has 0 unspecified atom stereocenters. The van der Waals surface area contributed by atoms with E-state index in [1.54, 1.807) is 24.3 Å². The smallest absolute Gasteiger partial charge is 0.193 e. The summed E-state index contributed by atoms with van der Waals surface area (Å²) in [6, 6.07) is 46.7. The Bertz CT molecular complexity index is 2120. The van der Waals surface area contributed by atoms with Crippen LogP contribution in [0, 0.1) is 0 Å². The van der Waals surface area contributed by atoms with E-state index in [2.05, 4.69) is 36.4 Å². The maximum absolute atomic E-state index is 13.4. The van der Waals surface area contributed by atoms with Gasteiger partial charge < -0.3 is 9.47 Å². The van der Waals surface area contributed by atoms with Crippen LogP contribution in [-0.2, 0) is 13.2 Å². The second-order valence-electron chi connectivity index (χ2n) is 11.5. The second-order valence-corrected chi connectivity index (χ2v) is 11.5. The van der Waals surface area contributed by atoms with Crippen molar-refractivity contribution in [2.75, 3.05) is 0 Å². The molecule has 0 spiro atoms. The van der Waals surface area contributed by atoms with Crippen LogP contribution >= 0.6 is 0 Å². The van der Waals surface area contributed by atoms with E-state index in [0.29, 0.717) is 35.5 Å². The maximum Gasteiger partial charge on any atom is 0.193 e. The van der Waals surface area contributed by atoms with Crippen molar-refractivity contribution < 1.29 is 19.1 Å². The first kappa shape index (κ1) is 27.5. The van der Waals surface area contributed by atoms with Crippen molar-refractivity contribution in [1.29, 1.82) is 0 Å². The largest absolute Gasteiger partial charge is 0.488 e. The lowest BCUT2D eigenvalue weighted by molar-refractivity contribution is 0.103. The van der Waals surface area contributed by atoms with Gasteiger partial charge in [-0.3, -0.25) is 9.59 Å². The molecule has 4 nitrogen and oxygen atoms in total. The molecule has 4 heteroatoms. The van der Waals surface area contributed by atoms with Crippen LogP contribution in [0.25, 0.3) is 32.7 Å². The van der Waals surface area contributed by atoms with Gasteiger partial charge in [-0.05, 0) is 50.9 Å². The van der Waals surface area contributed by atoms with Gasteiger partial charge in [0.1, 0.15) is 24.7 Å². The van der Waals surface area contributed by atoms with E-state index in [4.69, 9.17) is 9.47 Å². The maximum atomic E-state index is 13.4. The third-order valence-electron chi connectivity index (χ3n) is 8.64. The van der Waals surface area contributed by atoms with Crippen molar-refractivity contribution in [2.45, 2.75) is 13.2 Å². The minimum atomic E-state index is -0.138. The molecule has 4 heterocycles. The topological polar surface area (TPSA) is 52.6 Å². The van der Waals surface area contributed by atoms with Crippen LogP contribution in [0.5, 0.6) is 11.5 Å². The van der Waals surface area contributed by atoms with Crippen LogP contribution in [0.4, 0.5) is 0 Å². The highest BCUT2D eigenvalue weighted by Gasteiger charge is 2.20. The predicted octanol–water partition coefficient (Wildman–Crippen LogP) is 9.59. The zero-order chi connectivity index (χ0) is 31.0. The van der Waals surface area contributed by atoms with Gasteiger partial charge in [0.05, 0.1) is 0 Å². The first-order valence-electron chi connectivity index (χ1n) is 15.3. The van der Waals surface area contributed by atoms with Crippen molar-refractivity contribution >= 4 is 33.1 Å². The molecule has 4 aliphatic heterocycles. The van der Waals surface area contributed by atoms with Gasteiger partial charge in [0, 0.05) is 33.4 Å². The summed E-state index contributed by atoms with van der Waals surface area (Å²) < 4.78 is 13.2. The molecule has 6 bridgehead atoms. The fraction of sp³-hybridized carbons (Fsp3) is 0.0476. The van der Waals surface area contributed by atoms with Crippen LogP contribution in [0.15, 0.2) is 146 Å². The molecule has 0 aromatic heterocycles. The Morgan fingerprint density at radius 2 is 0.826 bits per heavy atom. The first-order valence-corrected chi connectivity index (χ1v) is 15.3. The molecule has 0 saturated heterocycles. The molecule has 46 heavy (non-hydrogen) atoms. The highest BCUT2D eigenvalue weighted by Crippen LogP contribution is 2.46. The molecular formula is C42H28O4. The van der Waals surface area contributed by atoms with Gasteiger partial charge in [-0.15, -0.1) is 0 Å². The number of benzene rings is 7. The molecule has 220 valence electrons. The second kappa shape index (κ2) is 11.5. The van der Waals surface area contributed by atoms with Crippen LogP contribution in [0.2, 0.25) is 0 Å². The number of carbonyl (C=O) groups is 2. The van der Waals surface area contributed by atoms with Gasteiger partial charge >= 0.3 is 0 Å². The molecule has 4 aliphatic rings. The van der Waals surface area contributed by atoms with Crippen LogP contribution in [0.3, 0.4) is 0 Å². The van der Waals surface area contributed by atoms with Gasteiger partial charge in [-0.2, -0.15) is 0 Å². The Kier molecular flexibility index (Phi) is 6.88. The number of hydrogen-bond donors (Lipinski definition) is 0. The van der Waals surface area contributed by atoms with E-state index >= 15 is 0 Å². The van der Waals surface area contributed by atoms with E-state index < -0.39 is 0 Å². The summed E-state index contributed by atoms with van der Waals surface area (Å²) in [6.45, 7) is 0.633. The highest BCUT2D eigenvalue weighted by atomic mass is 16.5. The lowest BCUT2D eigenvalue weighted by atomic mass is 9.92. The monoisotopic (exact) mass is 596 g/mol. The number of rotatable bonds is 0. The lowest BCUT2D eigenvalue weighted by Gasteiger charge is -2.20. The lowest BCUT2D eigenvalue weighted by Crippen LogP contribution is -2.06. The zero-order valence-corrected chi connectivity index (χ0v) is 24.9. The molecule has 0 N–H and O–H groups in total. The van der Waals surface area contributed by atoms with Crippen molar-refractivity contribution in [3.8, 4) is 22.6 Å². The molecule has 7 aromatic carbocycles. The van der Waals surface area contributed by atoms with E-state index in [1.165, 1.54) is 0 Å². The van der Waals surface area contributed by atoms with Crippen molar-refractivity contribution in [2.24, 2.45) is 0 Å². The molecule has 0 saturated carbocycles. The van der Waals surface area contributed by atoms with E-state index in [1.807, 2.05) is 84.9 Å².